The average molecular weight is 574 g/mol. The summed E-state index contributed by atoms with van der Waals surface area (Å²) in [5, 5.41) is 8.24. The first-order chi connectivity index (χ1) is 20.4. The molecule has 1 aliphatic rings. The quantitative estimate of drug-likeness (QED) is 0.271. The number of benzene rings is 3. The summed E-state index contributed by atoms with van der Waals surface area (Å²) in [7, 11) is 0. The Labute approximate surface area is 241 Å². The van der Waals surface area contributed by atoms with E-state index in [0.29, 0.717) is 49.5 Å². The molecule has 9 nitrogen and oxygen atoms in total. The van der Waals surface area contributed by atoms with E-state index in [1.54, 1.807) is 53.4 Å². The third-order valence-corrected chi connectivity index (χ3v) is 6.85. The van der Waals surface area contributed by atoms with Gasteiger partial charge < -0.3 is 30.2 Å². The largest absolute Gasteiger partial charge is 0.459 e. The van der Waals surface area contributed by atoms with Crippen molar-refractivity contribution in [3.05, 3.63) is 114 Å². The number of halogens is 2. The summed E-state index contributed by atoms with van der Waals surface area (Å²) < 4.78 is 32.5. The molecule has 1 aliphatic heterocycles. The molecule has 1 saturated heterocycles. The van der Waals surface area contributed by atoms with E-state index in [4.69, 9.17) is 4.42 Å². The Morgan fingerprint density at radius 3 is 2.38 bits per heavy atom. The fourth-order valence-electron chi connectivity index (χ4n) is 4.67. The van der Waals surface area contributed by atoms with Crippen LogP contribution in [0.1, 0.15) is 32.9 Å². The molecule has 0 aliphatic carbocycles. The van der Waals surface area contributed by atoms with Crippen LogP contribution in [0.5, 0.6) is 0 Å². The lowest BCUT2D eigenvalue weighted by Crippen LogP contribution is -2.38. The number of carbonyl (C=O) groups is 3. The maximum atomic E-state index is 14.1. The Morgan fingerprint density at radius 2 is 1.62 bits per heavy atom. The second-order valence-corrected chi connectivity index (χ2v) is 9.71. The van der Waals surface area contributed by atoms with Gasteiger partial charge in [-0.15, -0.1) is 0 Å². The van der Waals surface area contributed by atoms with E-state index in [0.717, 1.165) is 5.56 Å². The summed E-state index contributed by atoms with van der Waals surface area (Å²) in [6.45, 7) is 1.93. The first-order valence-electron chi connectivity index (χ1n) is 13.4. The zero-order chi connectivity index (χ0) is 29.5. The van der Waals surface area contributed by atoms with E-state index in [2.05, 4.69) is 16.0 Å². The monoisotopic (exact) mass is 573 g/mol. The number of carbonyl (C=O) groups excluding carboxylic acids is 3. The number of amides is 4. The highest BCUT2D eigenvalue weighted by Gasteiger charge is 2.24. The lowest BCUT2D eigenvalue weighted by Gasteiger charge is -2.26. The lowest BCUT2D eigenvalue weighted by atomic mass is 10.1. The topological polar surface area (TPSA) is 107 Å². The predicted octanol–water partition coefficient (Wildman–Crippen LogP) is 5.48. The van der Waals surface area contributed by atoms with Gasteiger partial charge in [-0.2, -0.15) is 0 Å². The molecule has 0 bridgehead atoms. The Bertz CT molecular complexity index is 1560. The zero-order valence-electron chi connectivity index (χ0n) is 22.6. The highest BCUT2D eigenvalue weighted by molar-refractivity contribution is 6.05. The fraction of sp³-hybridized carbons (Fsp3) is 0.194. The standard InChI is InChI=1S/C31H29F2N5O4/c32-22-10-8-21(9-11-22)20-34-29(39)24-19-23(35-30(40)28-7-3-18-42-28)12-13-27(24)37-14-4-15-38(17-16-37)31(41)36-26-6-2-1-5-25(26)33/h1-3,5-13,18-19H,4,14-17,20H2,(H,34,39)(H,35,40)(H,36,41). The summed E-state index contributed by atoms with van der Waals surface area (Å²) in [6, 6.07) is 19.6. The number of furan rings is 1. The van der Waals surface area contributed by atoms with Crippen LogP contribution in [0.2, 0.25) is 0 Å². The second kappa shape index (κ2) is 13.0. The smallest absolute Gasteiger partial charge is 0.321 e. The molecule has 0 atom stereocenters. The minimum Gasteiger partial charge on any atom is -0.459 e. The number of anilines is 3. The fourth-order valence-corrected chi connectivity index (χ4v) is 4.67. The van der Waals surface area contributed by atoms with E-state index in [-0.39, 0.29) is 29.7 Å². The molecule has 4 amide bonds. The van der Waals surface area contributed by atoms with Gasteiger partial charge in [0.25, 0.3) is 11.8 Å². The van der Waals surface area contributed by atoms with Gasteiger partial charge in [-0.25, -0.2) is 13.6 Å². The zero-order valence-corrected chi connectivity index (χ0v) is 22.6. The van der Waals surface area contributed by atoms with Gasteiger partial charge in [-0.05, 0) is 66.6 Å². The van der Waals surface area contributed by atoms with Crippen molar-refractivity contribution in [2.24, 2.45) is 0 Å². The maximum Gasteiger partial charge on any atom is 0.321 e. The van der Waals surface area contributed by atoms with Gasteiger partial charge in [0.15, 0.2) is 5.76 Å². The van der Waals surface area contributed by atoms with Crippen molar-refractivity contribution in [2.75, 3.05) is 41.7 Å². The van der Waals surface area contributed by atoms with Crippen LogP contribution < -0.4 is 20.9 Å². The van der Waals surface area contributed by atoms with Crippen LogP contribution in [0.15, 0.2) is 89.5 Å². The average Bonchev–Trinajstić information content (AvgIpc) is 3.43. The van der Waals surface area contributed by atoms with E-state index >= 15 is 0 Å². The molecular weight excluding hydrogens is 544 g/mol. The van der Waals surface area contributed by atoms with E-state index in [9.17, 15) is 23.2 Å². The Morgan fingerprint density at radius 1 is 0.810 bits per heavy atom. The van der Waals surface area contributed by atoms with Crippen molar-refractivity contribution >= 4 is 34.9 Å². The third kappa shape index (κ3) is 6.92. The van der Waals surface area contributed by atoms with Crippen LogP contribution in [-0.4, -0.2) is 48.9 Å². The van der Waals surface area contributed by atoms with Gasteiger partial charge in [0.1, 0.15) is 11.6 Å². The van der Waals surface area contributed by atoms with Crippen molar-refractivity contribution in [1.29, 1.82) is 0 Å². The van der Waals surface area contributed by atoms with E-state index in [1.807, 2.05) is 4.90 Å². The third-order valence-electron chi connectivity index (χ3n) is 6.85. The molecule has 216 valence electrons. The Balaban J connectivity index is 1.33. The molecule has 1 aromatic heterocycles. The number of nitrogens with one attached hydrogen (secondary N) is 3. The molecule has 11 heteroatoms. The van der Waals surface area contributed by atoms with Crippen molar-refractivity contribution in [3.8, 4) is 0 Å². The van der Waals surface area contributed by atoms with Crippen molar-refractivity contribution in [3.63, 3.8) is 0 Å². The highest BCUT2D eigenvalue weighted by atomic mass is 19.1. The SMILES string of the molecule is O=C(Nc1ccc(N2CCCN(C(=O)Nc3ccccc3F)CC2)c(C(=O)NCc2ccc(F)cc2)c1)c1ccco1. The molecular formula is C31H29F2N5O4. The minimum atomic E-state index is -0.516. The van der Waals surface area contributed by atoms with Gasteiger partial charge >= 0.3 is 6.03 Å². The molecule has 3 N–H and O–H groups in total. The molecule has 0 spiro atoms. The van der Waals surface area contributed by atoms with Crippen LogP contribution in [0.3, 0.4) is 0 Å². The maximum absolute atomic E-state index is 14.1. The van der Waals surface area contributed by atoms with Crippen LogP contribution in [0, 0.1) is 11.6 Å². The Hall–Kier alpha value is -5.19. The highest BCUT2D eigenvalue weighted by Crippen LogP contribution is 2.27. The van der Waals surface area contributed by atoms with Crippen LogP contribution >= 0.6 is 0 Å². The summed E-state index contributed by atoms with van der Waals surface area (Å²) in [6.07, 6.45) is 2.00. The predicted molar refractivity (Wildman–Crippen MR) is 154 cm³/mol. The van der Waals surface area contributed by atoms with Crippen molar-refractivity contribution in [2.45, 2.75) is 13.0 Å². The number of hydrogen-bond donors (Lipinski definition) is 3. The molecule has 5 rings (SSSR count). The number of rotatable bonds is 7. The molecule has 2 heterocycles. The molecule has 0 radical (unpaired) electrons. The van der Waals surface area contributed by atoms with Crippen LogP contribution in [0.25, 0.3) is 0 Å². The molecule has 1 fully saturated rings. The van der Waals surface area contributed by atoms with E-state index in [1.165, 1.54) is 36.6 Å². The van der Waals surface area contributed by atoms with Gasteiger partial charge in [0.2, 0.25) is 0 Å². The first-order valence-corrected chi connectivity index (χ1v) is 13.4. The Kier molecular flexibility index (Phi) is 8.76. The van der Waals surface area contributed by atoms with Crippen molar-refractivity contribution < 1.29 is 27.6 Å². The van der Waals surface area contributed by atoms with Gasteiger partial charge in [0, 0.05) is 44.1 Å². The summed E-state index contributed by atoms with van der Waals surface area (Å²) in [5.41, 5.74) is 2.17. The number of nitrogens with zero attached hydrogens (tertiary/aromatic N) is 2. The second-order valence-electron chi connectivity index (χ2n) is 9.71. The van der Waals surface area contributed by atoms with Gasteiger partial charge in [-0.3, -0.25) is 9.59 Å². The summed E-state index contributed by atoms with van der Waals surface area (Å²) >= 11 is 0. The molecule has 0 unspecified atom stereocenters. The molecule has 4 aromatic rings. The minimum absolute atomic E-state index is 0.107. The summed E-state index contributed by atoms with van der Waals surface area (Å²) in [4.78, 5) is 42.5. The van der Waals surface area contributed by atoms with E-state index < -0.39 is 17.8 Å². The van der Waals surface area contributed by atoms with Crippen molar-refractivity contribution in [1.82, 2.24) is 10.2 Å². The molecule has 42 heavy (non-hydrogen) atoms. The van der Waals surface area contributed by atoms with Gasteiger partial charge in [-0.1, -0.05) is 24.3 Å². The molecule has 0 saturated carbocycles. The number of hydrogen-bond acceptors (Lipinski definition) is 5. The normalized spacial score (nSPS) is 13.3. The van der Waals surface area contributed by atoms with Crippen LogP contribution in [0.4, 0.5) is 30.6 Å². The van der Waals surface area contributed by atoms with Gasteiger partial charge in [0.05, 0.1) is 17.5 Å². The first kappa shape index (κ1) is 28.3. The lowest BCUT2D eigenvalue weighted by molar-refractivity contribution is 0.0949. The molecule has 3 aromatic carbocycles. The number of para-hydroxylation sites is 1. The number of urea groups is 1. The van der Waals surface area contributed by atoms with Crippen LogP contribution in [-0.2, 0) is 6.54 Å². The summed E-state index contributed by atoms with van der Waals surface area (Å²) in [5.74, 6) is -1.61.